The molecule has 1 aromatic heterocycles. The first kappa shape index (κ1) is 15.2. The highest BCUT2D eigenvalue weighted by molar-refractivity contribution is 7.91. The molecule has 2 rings (SSSR count). The van der Waals surface area contributed by atoms with Gasteiger partial charge in [0, 0.05) is 7.05 Å². The summed E-state index contributed by atoms with van der Waals surface area (Å²) in [5.74, 6) is 0.101. The smallest absolute Gasteiger partial charge is 0.255 e. The number of sulfone groups is 1. The van der Waals surface area contributed by atoms with Crippen molar-refractivity contribution in [1.29, 1.82) is 0 Å². The number of amides is 1. The number of nitrogens with zero attached hydrogens (tertiary/aromatic N) is 3. The maximum Gasteiger partial charge on any atom is 0.255 e. The van der Waals surface area contributed by atoms with Crippen molar-refractivity contribution in [3.05, 3.63) is 42.0 Å². The summed E-state index contributed by atoms with van der Waals surface area (Å²) in [5.41, 5.74) is 0.168. The Balaban J connectivity index is 2.31. The third kappa shape index (κ3) is 3.27. The van der Waals surface area contributed by atoms with Crippen LogP contribution in [0.1, 0.15) is 23.1 Å². The van der Waals surface area contributed by atoms with E-state index in [0.29, 0.717) is 5.82 Å². The predicted molar refractivity (Wildman–Crippen MR) is 76.3 cm³/mol. The Kier molecular flexibility index (Phi) is 4.37. The monoisotopic (exact) mass is 308 g/mol. The van der Waals surface area contributed by atoms with E-state index in [9.17, 15) is 13.2 Å². The molecule has 1 N–H and O–H groups in total. The molecule has 0 aliphatic heterocycles. The van der Waals surface area contributed by atoms with Crippen LogP contribution in [0.5, 0.6) is 0 Å². The zero-order valence-electron chi connectivity index (χ0n) is 11.8. The lowest BCUT2D eigenvalue weighted by molar-refractivity contribution is 0.0778. The summed E-state index contributed by atoms with van der Waals surface area (Å²) in [5, 5.41) is 6.36. The van der Waals surface area contributed by atoms with Crippen molar-refractivity contribution in [2.24, 2.45) is 0 Å². The molecule has 0 bridgehead atoms. The van der Waals surface area contributed by atoms with Crippen LogP contribution in [0.15, 0.2) is 35.5 Å². The average Bonchev–Trinajstić information content (AvgIpc) is 2.99. The van der Waals surface area contributed by atoms with Crippen LogP contribution in [0, 0.1) is 0 Å². The van der Waals surface area contributed by atoms with Gasteiger partial charge in [0.15, 0.2) is 9.84 Å². The van der Waals surface area contributed by atoms with Gasteiger partial charge < -0.3 is 4.90 Å². The molecular weight excluding hydrogens is 292 g/mol. The van der Waals surface area contributed by atoms with Gasteiger partial charge in [0.2, 0.25) is 0 Å². The molecule has 8 heteroatoms. The maximum atomic E-state index is 12.5. The quantitative estimate of drug-likeness (QED) is 0.884. The Morgan fingerprint density at radius 3 is 2.67 bits per heavy atom. The summed E-state index contributed by atoms with van der Waals surface area (Å²) in [6, 6.07) is 6.22. The molecule has 112 valence electrons. The van der Waals surface area contributed by atoms with Gasteiger partial charge in [-0.25, -0.2) is 13.4 Å². The minimum Gasteiger partial charge on any atom is -0.334 e. The summed E-state index contributed by atoms with van der Waals surface area (Å²) in [4.78, 5) is 17.8. The summed E-state index contributed by atoms with van der Waals surface area (Å²) < 4.78 is 24.1. The highest BCUT2D eigenvalue weighted by Crippen LogP contribution is 2.19. The highest BCUT2D eigenvalue weighted by atomic mass is 32.2. The molecule has 1 amide bonds. The van der Waals surface area contributed by atoms with E-state index in [1.165, 1.54) is 23.4 Å². The third-order valence-corrected chi connectivity index (χ3v) is 4.82. The van der Waals surface area contributed by atoms with Crippen molar-refractivity contribution in [1.82, 2.24) is 20.1 Å². The van der Waals surface area contributed by atoms with Gasteiger partial charge in [-0.15, -0.1) is 0 Å². The van der Waals surface area contributed by atoms with E-state index in [1.807, 2.05) is 0 Å². The number of hydrogen-bond donors (Lipinski definition) is 1. The van der Waals surface area contributed by atoms with Crippen molar-refractivity contribution in [3.63, 3.8) is 0 Å². The molecule has 0 spiro atoms. The van der Waals surface area contributed by atoms with E-state index < -0.39 is 9.84 Å². The van der Waals surface area contributed by atoms with Gasteiger partial charge in [-0.1, -0.05) is 19.1 Å². The van der Waals surface area contributed by atoms with Crippen molar-refractivity contribution < 1.29 is 13.2 Å². The molecule has 2 aromatic rings. The van der Waals surface area contributed by atoms with Gasteiger partial charge >= 0.3 is 0 Å². The van der Waals surface area contributed by atoms with E-state index >= 15 is 0 Å². The average molecular weight is 308 g/mol. The maximum absolute atomic E-state index is 12.5. The Morgan fingerprint density at radius 2 is 2.05 bits per heavy atom. The standard InChI is InChI=1S/C13H16N4O3S/c1-3-21(19,20)11-7-5-4-6-10(11)13(18)17(2)8-12-14-9-15-16-12/h4-7,9H,3,8H2,1-2H3,(H,14,15,16). The molecule has 0 unspecified atom stereocenters. The highest BCUT2D eigenvalue weighted by Gasteiger charge is 2.23. The molecule has 1 aromatic carbocycles. The van der Waals surface area contributed by atoms with E-state index in [-0.39, 0.29) is 28.7 Å². The van der Waals surface area contributed by atoms with E-state index in [2.05, 4.69) is 15.2 Å². The Labute approximate surface area is 122 Å². The van der Waals surface area contributed by atoms with Crippen molar-refractivity contribution in [3.8, 4) is 0 Å². The minimum atomic E-state index is -3.45. The summed E-state index contributed by atoms with van der Waals surface area (Å²) >= 11 is 0. The van der Waals surface area contributed by atoms with Crippen LogP contribution in [-0.4, -0.2) is 47.2 Å². The number of aromatic amines is 1. The molecule has 0 aliphatic carbocycles. The zero-order valence-corrected chi connectivity index (χ0v) is 12.6. The van der Waals surface area contributed by atoms with Crippen LogP contribution >= 0.6 is 0 Å². The summed E-state index contributed by atoms with van der Waals surface area (Å²) in [6.45, 7) is 1.77. The van der Waals surface area contributed by atoms with Crippen LogP contribution in [0.3, 0.4) is 0 Å². The van der Waals surface area contributed by atoms with Gasteiger partial charge in [-0.2, -0.15) is 5.10 Å². The largest absolute Gasteiger partial charge is 0.334 e. The number of nitrogens with one attached hydrogen (secondary N) is 1. The van der Waals surface area contributed by atoms with Crippen molar-refractivity contribution in [2.45, 2.75) is 18.4 Å². The molecule has 0 saturated carbocycles. The number of carbonyl (C=O) groups is 1. The fourth-order valence-electron chi connectivity index (χ4n) is 1.88. The lowest BCUT2D eigenvalue weighted by Crippen LogP contribution is -2.28. The molecule has 0 radical (unpaired) electrons. The molecule has 0 aliphatic rings. The van der Waals surface area contributed by atoms with Crippen LogP contribution < -0.4 is 0 Å². The summed E-state index contributed by atoms with van der Waals surface area (Å²) in [7, 11) is -1.87. The van der Waals surface area contributed by atoms with Crippen molar-refractivity contribution in [2.75, 3.05) is 12.8 Å². The first-order valence-electron chi connectivity index (χ1n) is 6.37. The molecule has 0 saturated heterocycles. The Hall–Kier alpha value is -2.22. The minimum absolute atomic E-state index is 0.0525. The number of hydrogen-bond acceptors (Lipinski definition) is 5. The van der Waals surface area contributed by atoms with E-state index in [0.717, 1.165) is 0 Å². The second-order valence-corrected chi connectivity index (χ2v) is 6.74. The number of rotatable bonds is 5. The van der Waals surface area contributed by atoms with Gasteiger partial charge in [0.05, 0.1) is 22.8 Å². The Morgan fingerprint density at radius 1 is 1.33 bits per heavy atom. The van der Waals surface area contributed by atoms with Gasteiger partial charge in [-0.3, -0.25) is 9.89 Å². The normalized spacial score (nSPS) is 11.3. The fourth-order valence-corrected chi connectivity index (χ4v) is 2.97. The van der Waals surface area contributed by atoms with E-state index in [4.69, 9.17) is 0 Å². The molecule has 7 nitrogen and oxygen atoms in total. The molecule has 1 heterocycles. The predicted octanol–water partition coefficient (Wildman–Crippen LogP) is 0.871. The first-order chi connectivity index (χ1) is 9.95. The third-order valence-electron chi connectivity index (χ3n) is 3.03. The lowest BCUT2D eigenvalue weighted by Gasteiger charge is -2.17. The molecule has 0 fully saturated rings. The second kappa shape index (κ2) is 6.04. The topological polar surface area (TPSA) is 96.0 Å². The van der Waals surface area contributed by atoms with Crippen LogP contribution in [0.4, 0.5) is 0 Å². The summed E-state index contributed by atoms with van der Waals surface area (Å²) in [6.07, 6.45) is 1.35. The van der Waals surface area contributed by atoms with Crippen LogP contribution in [-0.2, 0) is 16.4 Å². The Bertz CT molecular complexity index is 726. The second-order valence-electron chi connectivity index (χ2n) is 4.49. The lowest BCUT2D eigenvalue weighted by atomic mass is 10.2. The molecule has 0 atom stereocenters. The zero-order chi connectivity index (χ0) is 15.5. The number of H-pyrrole nitrogens is 1. The van der Waals surface area contributed by atoms with Gasteiger partial charge in [-0.05, 0) is 12.1 Å². The number of carbonyl (C=O) groups excluding carboxylic acids is 1. The van der Waals surface area contributed by atoms with Crippen LogP contribution in [0.2, 0.25) is 0 Å². The van der Waals surface area contributed by atoms with Gasteiger partial charge in [0.1, 0.15) is 12.2 Å². The van der Waals surface area contributed by atoms with Crippen molar-refractivity contribution >= 4 is 15.7 Å². The van der Waals surface area contributed by atoms with E-state index in [1.54, 1.807) is 26.1 Å². The van der Waals surface area contributed by atoms with Crippen LogP contribution in [0.25, 0.3) is 0 Å². The number of benzene rings is 1. The fraction of sp³-hybridized carbons (Fsp3) is 0.308. The molecule has 21 heavy (non-hydrogen) atoms. The SMILES string of the molecule is CCS(=O)(=O)c1ccccc1C(=O)N(C)Cc1ncn[nH]1. The number of aromatic nitrogens is 3. The van der Waals surface area contributed by atoms with Gasteiger partial charge in [0.25, 0.3) is 5.91 Å². The molecular formula is C13H16N4O3S. The first-order valence-corrected chi connectivity index (χ1v) is 8.02.